The Kier molecular flexibility index (Phi) is 5.28. The molecule has 0 atom stereocenters. The Balaban J connectivity index is 2.18. The first-order valence-electron chi connectivity index (χ1n) is 7.50. The largest absolute Gasteiger partial charge is 0.341 e. The number of hydrogen-bond donors (Lipinski definition) is 0. The fourth-order valence-electron chi connectivity index (χ4n) is 2.58. The van der Waals surface area contributed by atoms with Gasteiger partial charge in [-0.1, -0.05) is 6.92 Å². The van der Waals surface area contributed by atoms with Crippen LogP contribution in [0.15, 0.2) is 12.1 Å². The molecule has 2 rings (SSSR count). The number of carbonyl (C=O) groups is 2. The second-order valence-corrected chi connectivity index (χ2v) is 5.86. The van der Waals surface area contributed by atoms with E-state index in [0.717, 1.165) is 36.8 Å². The van der Waals surface area contributed by atoms with Crippen molar-refractivity contribution in [2.24, 2.45) is 5.92 Å². The zero-order chi connectivity index (χ0) is 17.1. The molecule has 0 aliphatic carbocycles. The zero-order valence-corrected chi connectivity index (χ0v) is 13.1. The Morgan fingerprint density at radius 1 is 1.17 bits per heavy atom. The van der Waals surface area contributed by atoms with Crippen molar-refractivity contribution in [3.8, 4) is 0 Å². The number of halogens is 3. The van der Waals surface area contributed by atoms with Gasteiger partial charge >= 0.3 is 0 Å². The van der Waals surface area contributed by atoms with Crippen molar-refractivity contribution < 1.29 is 22.8 Å². The number of benzene rings is 1. The van der Waals surface area contributed by atoms with Crippen molar-refractivity contribution in [3.63, 3.8) is 0 Å². The summed E-state index contributed by atoms with van der Waals surface area (Å²) < 4.78 is 40.3. The summed E-state index contributed by atoms with van der Waals surface area (Å²) in [4.78, 5) is 26.5. The van der Waals surface area contributed by atoms with Crippen molar-refractivity contribution in [3.05, 3.63) is 29.6 Å². The van der Waals surface area contributed by atoms with Crippen LogP contribution >= 0.6 is 0 Å². The Morgan fingerprint density at radius 2 is 1.78 bits per heavy atom. The van der Waals surface area contributed by atoms with E-state index in [1.54, 1.807) is 4.90 Å². The Morgan fingerprint density at radius 3 is 2.35 bits per heavy atom. The lowest BCUT2D eigenvalue weighted by molar-refractivity contribution is -0.132. The molecule has 7 heteroatoms. The number of piperidine rings is 1. The van der Waals surface area contributed by atoms with Crippen molar-refractivity contribution in [2.75, 3.05) is 24.5 Å². The zero-order valence-electron chi connectivity index (χ0n) is 13.1. The smallest absolute Gasteiger partial charge is 0.242 e. The summed E-state index contributed by atoms with van der Waals surface area (Å²) >= 11 is 0. The van der Waals surface area contributed by atoms with E-state index in [4.69, 9.17) is 0 Å². The molecule has 1 heterocycles. The fourth-order valence-corrected chi connectivity index (χ4v) is 2.58. The summed E-state index contributed by atoms with van der Waals surface area (Å²) in [6.45, 7) is 4.00. The third-order valence-electron chi connectivity index (χ3n) is 4.12. The van der Waals surface area contributed by atoms with Gasteiger partial charge in [0.15, 0.2) is 17.5 Å². The number of likely N-dealkylation sites (tertiary alicyclic amines) is 1. The van der Waals surface area contributed by atoms with E-state index in [-0.39, 0.29) is 5.91 Å². The lowest BCUT2D eigenvalue weighted by Crippen LogP contribution is -2.45. The molecule has 4 nitrogen and oxygen atoms in total. The summed E-state index contributed by atoms with van der Waals surface area (Å²) in [5.41, 5.74) is -0.435. The predicted octanol–water partition coefficient (Wildman–Crippen LogP) is 2.72. The Bertz CT molecular complexity index is 614. The van der Waals surface area contributed by atoms with Crippen LogP contribution in [0.5, 0.6) is 0 Å². The van der Waals surface area contributed by atoms with Crippen LogP contribution in [0.3, 0.4) is 0 Å². The van der Waals surface area contributed by atoms with E-state index < -0.39 is 35.6 Å². The van der Waals surface area contributed by atoms with E-state index in [1.807, 2.05) is 0 Å². The van der Waals surface area contributed by atoms with Gasteiger partial charge in [-0.15, -0.1) is 0 Å². The number of carbonyl (C=O) groups excluding carboxylic acids is 2. The van der Waals surface area contributed by atoms with Gasteiger partial charge in [-0.2, -0.15) is 0 Å². The third kappa shape index (κ3) is 3.83. The van der Waals surface area contributed by atoms with Crippen LogP contribution in [-0.2, 0) is 9.59 Å². The molecule has 0 radical (unpaired) electrons. The topological polar surface area (TPSA) is 40.6 Å². The van der Waals surface area contributed by atoms with Gasteiger partial charge in [0.1, 0.15) is 6.54 Å². The Labute approximate surface area is 132 Å². The average molecular weight is 328 g/mol. The van der Waals surface area contributed by atoms with E-state index >= 15 is 0 Å². The van der Waals surface area contributed by atoms with Crippen molar-refractivity contribution >= 4 is 17.5 Å². The van der Waals surface area contributed by atoms with Gasteiger partial charge in [-0.25, -0.2) is 13.2 Å². The number of nitrogens with zero attached hydrogens (tertiary/aromatic N) is 2. The lowest BCUT2D eigenvalue weighted by atomic mass is 9.99. The molecule has 1 saturated heterocycles. The van der Waals surface area contributed by atoms with E-state index in [9.17, 15) is 22.8 Å². The highest BCUT2D eigenvalue weighted by Crippen LogP contribution is 2.24. The van der Waals surface area contributed by atoms with Crippen molar-refractivity contribution in [1.82, 2.24) is 4.90 Å². The molecule has 0 spiro atoms. The monoisotopic (exact) mass is 328 g/mol. The number of anilines is 1. The average Bonchev–Trinajstić information content (AvgIpc) is 2.51. The van der Waals surface area contributed by atoms with Crippen LogP contribution in [0.1, 0.15) is 26.7 Å². The second-order valence-electron chi connectivity index (χ2n) is 5.86. The first kappa shape index (κ1) is 17.3. The quantitative estimate of drug-likeness (QED) is 0.801. The minimum Gasteiger partial charge on any atom is -0.341 e. The maximum Gasteiger partial charge on any atom is 0.242 e. The van der Waals surface area contributed by atoms with Crippen molar-refractivity contribution in [1.29, 1.82) is 0 Å². The highest BCUT2D eigenvalue weighted by Gasteiger charge is 2.26. The maximum atomic E-state index is 13.9. The van der Waals surface area contributed by atoms with Gasteiger partial charge in [0.05, 0.1) is 5.69 Å². The van der Waals surface area contributed by atoms with E-state index in [0.29, 0.717) is 19.0 Å². The Hall–Kier alpha value is -2.05. The molecule has 23 heavy (non-hydrogen) atoms. The van der Waals surface area contributed by atoms with Crippen molar-refractivity contribution in [2.45, 2.75) is 26.7 Å². The van der Waals surface area contributed by atoms with Crippen LogP contribution in [0.4, 0.5) is 18.9 Å². The molecule has 0 aromatic heterocycles. The highest BCUT2D eigenvalue weighted by molar-refractivity contribution is 5.97. The molecular weight excluding hydrogens is 309 g/mol. The number of amides is 2. The molecule has 0 saturated carbocycles. The van der Waals surface area contributed by atoms with Crippen LogP contribution in [0.25, 0.3) is 0 Å². The van der Waals surface area contributed by atoms with E-state index in [2.05, 4.69) is 6.92 Å². The van der Waals surface area contributed by atoms with Gasteiger partial charge < -0.3 is 9.80 Å². The highest BCUT2D eigenvalue weighted by atomic mass is 19.2. The molecule has 0 bridgehead atoms. The van der Waals surface area contributed by atoms with Gasteiger partial charge in [-0.3, -0.25) is 9.59 Å². The van der Waals surface area contributed by atoms with Gasteiger partial charge in [0.25, 0.3) is 0 Å². The van der Waals surface area contributed by atoms with Crippen LogP contribution in [-0.4, -0.2) is 36.3 Å². The fraction of sp³-hybridized carbons (Fsp3) is 0.500. The molecule has 1 aromatic carbocycles. The van der Waals surface area contributed by atoms with E-state index in [1.165, 1.54) is 0 Å². The summed E-state index contributed by atoms with van der Waals surface area (Å²) in [6, 6.07) is 1.69. The van der Waals surface area contributed by atoms with Gasteiger partial charge in [0.2, 0.25) is 11.8 Å². The summed E-state index contributed by atoms with van der Waals surface area (Å²) in [6.07, 6.45) is 1.73. The molecule has 1 aliphatic heterocycles. The molecular formula is C16H19F3N2O2. The molecule has 1 fully saturated rings. The predicted molar refractivity (Wildman–Crippen MR) is 79.3 cm³/mol. The number of hydrogen-bond acceptors (Lipinski definition) is 2. The molecule has 1 aromatic rings. The third-order valence-corrected chi connectivity index (χ3v) is 4.12. The molecule has 0 N–H and O–H groups in total. The first-order chi connectivity index (χ1) is 10.8. The lowest BCUT2D eigenvalue weighted by Gasteiger charge is -2.32. The molecule has 126 valence electrons. The van der Waals surface area contributed by atoms with Crippen LogP contribution in [0.2, 0.25) is 0 Å². The van der Waals surface area contributed by atoms with Gasteiger partial charge in [0, 0.05) is 20.0 Å². The summed E-state index contributed by atoms with van der Waals surface area (Å²) in [5.74, 6) is -4.89. The first-order valence-corrected chi connectivity index (χ1v) is 7.50. The minimum absolute atomic E-state index is 0.337. The number of rotatable bonds is 3. The SMILES string of the molecule is CC(=O)N(CC(=O)N1CCC(C)CC1)c1ccc(F)c(F)c1F. The molecule has 1 aliphatic rings. The normalized spacial score (nSPS) is 15.6. The molecule has 0 unspecified atom stereocenters. The molecule has 2 amide bonds. The summed E-state index contributed by atoms with van der Waals surface area (Å²) in [7, 11) is 0. The summed E-state index contributed by atoms with van der Waals surface area (Å²) in [5, 5.41) is 0. The standard InChI is InChI=1S/C16H19F3N2O2/c1-10-5-7-20(8-6-10)14(23)9-21(11(2)22)13-4-3-12(17)15(18)16(13)19/h3-4,10H,5-9H2,1-2H3. The maximum absolute atomic E-state index is 13.9. The second kappa shape index (κ2) is 7.02. The van der Waals surface area contributed by atoms with Gasteiger partial charge in [-0.05, 0) is 30.9 Å². The minimum atomic E-state index is -1.66. The van der Waals surface area contributed by atoms with Crippen LogP contribution < -0.4 is 4.90 Å². The van der Waals surface area contributed by atoms with Crippen LogP contribution in [0, 0.1) is 23.4 Å².